The lowest BCUT2D eigenvalue weighted by Crippen LogP contribution is -2.11. The molecule has 1 saturated carbocycles. The van der Waals surface area contributed by atoms with Gasteiger partial charge in [-0.25, -0.2) is 0 Å². The lowest BCUT2D eigenvalue weighted by molar-refractivity contribution is -0.109. The normalized spacial score (nSPS) is 19.7. The summed E-state index contributed by atoms with van der Waals surface area (Å²) in [5.74, 6) is 0.369. The zero-order valence-corrected chi connectivity index (χ0v) is 7.36. The summed E-state index contributed by atoms with van der Waals surface area (Å²) in [6.07, 6.45) is 5.91. The van der Waals surface area contributed by atoms with Crippen molar-refractivity contribution in [2.24, 2.45) is 5.92 Å². The maximum absolute atomic E-state index is 10.7. The van der Waals surface area contributed by atoms with Crippen LogP contribution in [0.1, 0.15) is 32.1 Å². The first-order valence-electron chi connectivity index (χ1n) is 4.10. The average Bonchev–Trinajstić information content (AvgIpc) is 2.05. The molecular formula is C9H13ClO. The van der Waals surface area contributed by atoms with E-state index in [1.54, 1.807) is 0 Å². The third-order valence-electron chi connectivity index (χ3n) is 2.35. The summed E-state index contributed by atoms with van der Waals surface area (Å²) in [5, 5.41) is -0.350. The highest BCUT2D eigenvalue weighted by Crippen LogP contribution is 2.29. The Labute approximate surface area is 72.4 Å². The van der Waals surface area contributed by atoms with Gasteiger partial charge >= 0.3 is 0 Å². The fraction of sp³-hybridized carbons (Fsp3) is 0.667. The molecule has 0 atom stereocenters. The minimum atomic E-state index is -0.350. The topological polar surface area (TPSA) is 17.1 Å². The summed E-state index contributed by atoms with van der Waals surface area (Å²) >= 11 is 5.32. The van der Waals surface area contributed by atoms with E-state index in [1.807, 2.05) is 0 Å². The van der Waals surface area contributed by atoms with E-state index < -0.39 is 0 Å². The van der Waals surface area contributed by atoms with Gasteiger partial charge in [0.2, 0.25) is 5.24 Å². The molecule has 0 heterocycles. The van der Waals surface area contributed by atoms with E-state index in [0.717, 1.165) is 12.8 Å². The molecule has 1 rings (SSSR count). The quantitative estimate of drug-likeness (QED) is 0.463. The summed E-state index contributed by atoms with van der Waals surface area (Å²) < 4.78 is 0. The van der Waals surface area contributed by atoms with Crippen LogP contribution in [0.2, 0.25) is 0 Å². The Balaban J connectivity index is 2.45. The van der Waals surface area contributed by atoms with E-state index >= 15 is 0 Å². The molecule has 0 N–H and O–H groups in total. The van der Waals surface area contributed by atoms with Gasteiger partial charge in [0.25, 0.3) is 0 Å². The van der Waals surface area contributed by atoms with Gasteiger partial charge in [0.1, 0.15) is 0 Å². The van der Waals surface area contributed by atoms with Crippen molar-refractivity contribution in [3.63, 3.8) is 0 Å². The number of carbonyl (C=O) groups is 1. The maximum atomic E-state index is 10.7. The van der Waals surface area contributed by atoms with Gasteiger partial charge in [-0.1, -0.05) is 25.8 Å². The first-order valence-corrected chi connectivity index (χ1v) is 4.48. The van der Waals surface area contributed by atoms with Crippen molar-refractivity contribution >= 4 is 16.8 Å². The second-order valence-corrected chi connectivity index (χ2v) is 3.48. The SMILES string of the molecule is C=C(C(=O)Cl)C1CCCCC1. The van der Waals surface area contributed by atoms with Gasteiger partial charge in [-0.05, 0) is 30.4 Å². The molecule has 0 saturated heterocycles. The summed E-state index contributed by atoms with van der Waals surface area (Å²) in [4.78, 5) is 10.7. The van der Waals surface area contributed by atoms with E-state index in [2.05, 4.69) is 6.58 Å². The molecular weight excluding hydrogens is 160 g/mol. The Morgan fingerprint density at radius 1 is 1.27 bits per heavy atom. The number of allylic oxidation sites excluding steroid dienone is 1. The molecule has 1 nitrogen and oxygen atoms in total. The minimum absolute atomic E-state index is 0.350. The van der Waals surface area contributed by atoms with Crippen LogP contribution in [0.4, 0.5) is 0 Å². The van der Waals surface area contributed by atoms with Crippen molar-refractivity contribution in [2.75, 3.05) is 0 Å². The molecule has 0 aromatic rings. The first-order chi connectivity index (χ1) is 5.22. The van der Waals surface area contributed by atoms with Crippen molar-refractivity contribution in [2.45, 2.75) is 32.1 Å². The Hall–Kier alpha value is -0.300. The van der Waals surface area contributed by atoms with Gasteiger partial charge in [-0.3, -0.25) is 4.79 Å². The molecule has 0 spiro atoms. The van der Waals surface area contributed by atoms with E-state index in [-0.39, 0.29) is 5.24 Å². The highest BCUT2D eigenvalue weighted by atomic mass is 35.5. The number of carbonyl (C=O) groups excluding carboxylic acids is 1. The molecule has 0 aromatic carbocycles. The molecule has 1 aliphatic rings. The number of halogens is 1. The summed E-state index contributed by atoms with van der Waals surface area (Å²) in [6, 6.07) is 0. The molecule has 0 unspecified atom stereocenters. The lowest BCUT2D eigenvalue weighted by atomic mass is 9.85. The third-order valence-corrected chi connectivity index (χ3v) is 2.59. The molecule has 0 amide bonds. The number of hydrogen-bond acceptors (Lipinski definition) is 1. The highest BCUT2D eigenvalue weighted by Gasteiger charge is 2.19. The van der Waals surface area contributed by atoms with E-state index in [0.29, 0.717) is 11.5 Å². The van der Waals surface area contributed by atoms with Crippen LogP contribution in [0.15, 0.2) is 12.2 Å². The van der Waals surface area contributed by atoms with Gasteiger partial charge in [-0.2, -0.15) is 0 Å². The molecule has 0 aliphatic heterocycles. The predicted molar refractivity (Wildman–Crippen MR) is 46.6 cm³/mol. The smallest absolute Gasteiger partial charge is 0.248 e. The molecule has 1 aliphatic carbocycles. The van der Waals surface area contributed by atoms with Gasteiger partial charge < -0.3 is 0 Å². The first kappa shape index (κ1) is 8.79. The van der Waals surface area contributed by atoms with Crippen LogP contribution in [-0.4, -0.2) is 5.24 Å². The Kier molecular flexibility index (Phi) is 3.13. The van der Waals surface area contributed by atoms with Crippen LogP contribution in [0.5, 0.6) is 0 Å². The predicted octanol–water partition coefficient (Wildman–Crippen LogP) is 2.89. The van der Waals surface area contributed by atoms with Crippen LogP contribution in [0.25, 0.3) is 0 Å². The van der Waals surface area contributed by atoms with Crippen molar-refractivity contribution in [3.8, 4) is 0 Å². The molecule has 11 heavy (non-hydrogen) atoms. The standard InChI is InChI=1S/C9H13ClO/c1-7(9(10)11)8-5-3-2-4-6-8/h8H,1-6H2. The largest absolute Gasteiger partial charge is 0.276 e. The summed E-state index contributed by atoms with van der Waals surface area (Å²) in [7, 11) is 0. The van der Waals surface area contributed by atoms with Crippen molar-refractivity contribution in [1.29, 1.82) is 0 Å². The van der Waals surface area contributed by atoms with Gasteiger partial charge in [0, 0.05) is 5.57 Å². The van der Waals surface area contributed by atoms with E-state index in [9.17, 15) is 4.79 Å². The Bertz CT molecular complexity index is 168. The van der Waals surface area contributed by atoms with Crippen LogP contribution in [0, 0.1) is 5.92 Å². The van der Waals surface area contributed by atoms with E-state index in [1.165, 1.54) is 19.3 Å². The average molecular weight is 173 g/mol. The number of hydrogen-bond donors (Lipinski definition) is 0. The monoisotopic (exact) mass is 172 g/mol. The molecule has 0 radical (unpaired) electrons. The van der Waals surface area contributed by atoms with Crippen LogP contribution in [0.3, 0.4) is 0 Å². The Morgan fingerprint density at radius 3 is 2.27 bits per heavy atom. The summed E-state index contributed by atoms with van der Waals surface area (Å²) in [6.45, 7) is 3.70. The van der Waals surface area contributed by atoms with Crippen molar-refractivity contribution in [3.05, 3.63) is 12.2 Å². The lowest BCUT2D eigenvalue weighted by Gasteiger charge is -2.21. The fourth-order valence-electron chi connectivity index (χ4n) is 1.61. The second kappa shape index (κ2) is 3.91. The van der Waals surface area contributed by atoms with Crippen LogP contribution >= 0.6 is 11.6 Å². The zero-order valence-electron chi connectivity index (χ0n) is 6.61. The van der Waals surface area contributed by atoms with Gasteiger partial charge in [0.15, 0.2) is 0 Å². The minimum Gasteiger partial charge on any atom is -0.276 e. The molecule has 1 fully saturated rings. The molecule has 0 aromatic heterocycles. The van der Waals surface area contributed by atoms with Crippen molar-refractivity contribution in [1.82, 2.24) is 0 Å². The third kappa shape index (κ3) is 2.33. The maximum Gasteiger partial charge on any atom is 0.248 e. The highest BCUT2D eigenvalue weighted by molar-refractivity contribution is 6.67. The van der Waals surface area contributed by atoms with Crippen molar-refractivity contribution < 1.29 is 4.79 Å². The van der Waals surface area contributed by atoms with Gasteiger partial charge in [0.05, 0.1) is 0 Å². The number of rotatable bonds is 2. The van der Waals surface area contributed by atoms with Gasteiger partial charge in [-0.15, -0.1) is 0 Å². The molecule has 2 heteroatoms. The Morgan fingerprint density at radius 2 is 1.82 bits per heavy atom. The molecule has 0 bridgehead atoms. The van der Waals surface area contributed by atoms with E-state index in [4.69, 9.17) is 11.6 Å². The van der Waals surface area contributed by atoms with Crippen LogP contribution in [-0.2, 0) is 4.79 Å². The second-order valence-electron chi connectivity index (χ2n) is 3.13. The summed E-state index contributed by atoms with van der Waals surface area (Å²) in [5.41, 5.74) is 0.617. The fourth-order valence-corrected chi connectivity index (χ4v) is 1.77. The molecule has 62 valence electrons. The van der Waals surface area contributed by atoms with Crippen LogP contribution < -0.4 is 0 Å². The zero-order chi connectivity index (χ0) is 8.27.